The SMILES string of the molecule is Cc1cccc(Cn2c(SCc3c(F)cccc3Cl)nc3c2c(=O)n(C)c(=O)n3C)c1. The number of nitrogens with zero attached hydrogens (tertiary/aromatic N) is 4. The Bertz CT molecular complexity index is 1400. The van der Waals surface area contributed by atoms with Crippen LogP contribution in [0.3, 0.4) is 0 Å². The molecule has 2 aromatic carbocycles. The number of imidazole rings is 1. The first-order chi connectivity index (χ1) is 14.8. The number of fused-ring (bicyclic) bond motifs is 1. The van der Waals surface area contributed by atoms with Crippen LogP contribution in [0.25, 0.3) is 11.2 Å². The molecule has 0 unspecified atom stereocenters. The lowest BCUT2D eigenvalue weighted by molar-refractivity contribution is 0.617. The van der Waals surface area contributed by atoms with E-state index in [4.69, 9.17) is 11.6 Å². The molecule has 0 aliphatic rings. The zero-order valence-corrected chi connectivity index (χ0v) is 18.8. The predicted octanol–water partition coefficient (Wildman–Crippen LogP) is 3.88. The Morgan fingerprint density at radius 3 is 2.55 bits per heavy atom. The standard InChI is InChI=1S/C22H20ClFN4O2S/c1-13-6-4-7-14(10-13)11-28-18-19(26(2)22(30)27(3)20(18)29)25-21(28)31-12-15-16(23)8-5-9-17(15)24/h4-10H,11-12H2,1-3H3. The number of halogens is 2. The summed E-state index contributed by atoms with van der Waals surface area (Å²) >= 11 is 7.44. The third-order valence-electron chi connectivity index (χ3n) is 5.14. The van der Waals surface area contributed by atoms with E-state index in [2.05, 4.69) is 4.98 Å². The summed E-state index contributed by atoms with van der Waals surface area (Å²) in [6.45, 7) is 2.38. The van der Waals surface area contributed by atoms with Crippen LogP contribution >= 0.6 is 23.4 Å². The average Bonchev–Trinajstić information content (AvgIpc) is 3.08. The summed E-state index contributed by atoms with van der Waals surface area (Å²) in [5.74, 6) is -0.165. The van der Waals surface area contributed by atoms with Crippen molar-refractivity contribution in [3.8, 4) is 0 Å². The Hall–Kier alpha value is -2.84. The van der Waals surface area contributed by atoms with E-state index in [1.54, 1.807) is 23.7 Å². The van der Waals surface area contributed by atoms with Crippen molar-refractivity contribution >= 4 is 34.5 Å². The van der Waals surface area contributed by atoms with E-state index < -0.39 is 17.1 Å². The maximum atomic E-state index is 14.3. The largest absolute Gasteiger partial charge is 0.332 e. The highest BCUT2D eigenvalue weighted by Gasteiger charge is 2.20. The fourth-order valence-corrected chi connectivity index (χ4v) is 4.82. The van der Waals surface area contributed by atoms with E-state index in [9.17, 15) is 14.0 Å². The van der Waals surface area contributed by atoms with Gasteiger partial charge >= 0.3 is 5.69 Å². The minimum atomic E-state index is -0.452. The zero-order valence-electron chi connectivity index (χ0n) is 17.2. The Morgan fingerprint density at radius 1 is 1.10 bits per heavy atom. The molecule has 160 valence electrons. The first-order valence-electron chi connectivity index (χ1n) is 9.55. The fourth-order valence-electron chi connectivity index (χ4n) is 3.48. The molecular formula is C22H20ClFN4O2S. The Balaban J connectivity index is 1.87. The molecule has 6 nitrogen and oxygen atoms in total. The minimum Gasteiger partial charge on any atom is -0.309 e. The second-order valence-electron chi connectivity index (χ2n) is 7.34. The van der Waals surface area contributed by atoms with Crippen molar-refractivity contribution in [2.75, 3.05) is 0 Å². The molecule has 0 fully saturated rings. The molecule has 2 aromatic heterocycles. The van der Waals surface area contributed by atoms with Crippen molar-refractivity contribution in [1.82, 2.24) is 18.7 Å². The van der Waals surface area contributed by atoms with E-state index in [-0.39, 0.29) is 5.75 Å². The third-order valence-corrected chi connectivity index (χ3v) is 6.50. The molecule has 0 spiro atoms. The van der Waals surface area contributed by atoms with Crippen molar-refractivity contribution in [2.45, 2.75) is 24.4 Å². The second kappa shape index (κ2) is 8.36. The lowest BCUT2D eigenvalue weighted by atomic mass is 10.1. The maximum Gasteiger partial charge on any atom is 0.332 e. The first kappa shape index (κ1) is 21.4. The third kappa shape index (κ3) is 3.93. The zero-order chi connectivity index (χ0) is 22.3. The number of thioether (sulfide) groups is 1. The highest BCUT2D eigenvalue weighted by molar-refractivity contribution is 7.98. The number of aryl methyl sites for hydroxylation is 2. The van der Waals surface area contributed by atoms with Crippen LogP contribution < -0.4 is 11.2 Å². The van der Waals surface area contributed by atoms with Gasteiger partial charge in [-0.05, 0) is 24.6 Å². The smallest absolute Gasteiger partial charge is 0.309 e. The molecule has 0 aliphatic heterocycles. The molecule has 0 radical (unpaired) electrons. The van der Waals surface area contributed by atoms with Crippen LogP contribution in [0.2, 0.25) is 5.02 Å². The van der Waals surface area contributed by atoms with E-state index in [0.717, 1.165) is 15.7 Å². The second-order valence-corrected chi connectivity index (χ2v) is 8.69. The van der Waals surface area contributed by atoms with Gasteiger partial charge in [0.05, 0.1) is 6.54 Å². The Labute approximate surface area is 186 Å². The molecule has 0 N–H and O–H groups in total. The number of rotatable bonds is 5. The molecule has 4 rings (SSSR count). The summed E-state index contributed by atoms with van der Waals surface area (Å²) in [5, 5.41) is 0.839. The van der Waals surface area contributed by atoms with Crippen molar-refractivity contribution in [1.29, 1.82) is 0 Å². The molecule has 0 atom stereocenters. The van der Waals surface area contributed by atoms with E-state index >= 15 is 0 Å². The van der Waals surface area contributed by atoms with E-state index in [1.165, 1.54) is 29.4 Å². The lowest BCUT2D eigenvalue weighted by Crippen LogP contribution is -2.37. The Kier molecular flexibility index (Phi) is 5.77. The summed E-state index contributed by atoms with van der Waals surface area (Å²) in [6.07, 6.45) is 0. The van der Waals surface area contributed by atoms with Gasteiger partial charge in [0.15, 0.2) is 16.3 Å². The molecule has 9 heteroatoms. The van der Waals surface area contributed by atoms with Gasteiger partial charge in [0, 0.05) is 30.4 Å². The number of hydrogen-bond donors (Lipinski definition) is 0. The van der Waals surface area contributed by atoms with Crippen LogP contribution in [0.15, 0.2) is 57.2 Å². The van der Waals surface area contributed by atoms with Crippen LogP contribution in [0, 0.1) is 12.7 Å². The highest BCUT2D eigenvalue weighted by Crippen LogP contribution is 2.30. The van der Waals surface area contributed by atoms with Gasteiger partial charge in [0.1, 0.15) is 5.82 Å². The van der Waals surface area contributed by atoms with E-state index in [1.807, 2.05) is 31.2 Å². The van der Waals surface area contributed by atoms with Gasteiger partial charge in [0.25, 0.3) is 5.56 Å². The normalized spacial score (nSPS) is 11.4. The highest BCUT2D eigenvalue weighted by atomic mass is 35.5. The topological polar surface area (TPSA) is 61.8 Å². The molecule has 0 bridgehead atoms. The van der Waals surface area contributed by atoms with Crippen molar-refractivity contribution in [2.24, 2.45) is 14.1 Å². The Morgan fingerprint density at radius 2 is 1.84 bits per heavy atom. The van der Waals surface area contributed by atoms with Gasteiger partial charge in [0.2, 0.25) is 0 Å². The summed E-state index contributed by atoms with van der Waals surface area (Å²) in [6, 6.07) is 12.5. The quantitative estimate of drug-likeness (QED) is 0.426. The van der Waals surface area contributed by atoms with Crippen LogP contribution in [-0.4, -0.2) is 18.7 Å². The van der Waals surface area contributed by atoms with Crippen LogP contribution in [0.4, 0.5) is 4.39 Å². The van der Waals surface area contributed by atoms with Gasteiger partial charge in [-0.1, -0.05) is 59.3 Å². The molecule has 4 aromatic rings. The molecule has 31 heavy (non-hydrogen) atoms. The monoisotopic (exact) mass is 458 g/mol. The van der Waals surface area contributed by atoms with Gasteiger partial charge in [-0.2, -0.15) is 0 Å². The van der Waals surface area contributed by atoms with Crippen molar-refractivity contribution < 1.29 is 4.39 Å². The molecule has 2 heterocycles. The molecule has 0 amide bonds. The van der Waals surface area contributed by atoms with Crippen molar-refractivity contribution in [3.63, 3.8) is 0 Å². The summed E-state index contributed by atoms with van der Waals surface area (Å²) < 4.78 is 18.5. The summed E-state index contributed by atoms with van der Waals surface area (Å²) in [7, 11) is 3.02. The minimum absolute atomic E-state index is 0.233. The number of benzene rings is 2. The molecular weight excluding hydrogens is 439 g/mol. The lowest BCUT2D eigenvalue weighted by Gasteiger charge is -2.11. The summed E-state index contributed by atoms with van der Waals surface area (Å²) in [5.41, 5.74) is 2.19. The van der Waals surface area contributed by atoms with Gasteiger partial charge < -0.3 is 4.57 Å². The summed E-state index contributed by atoms with van der Waals surface area (Å²) in [4.78, 5) is 29.9. The number of aromatic nitrogens is 4. The first-order valence-corrected chi connectivity index (χ1v) is 10.9. The molecule has 0 saturated heterocycles. The van der Waals surface area contributed by atoms with Crippen LogP contribution in [-0.2, 0) is 26.4 Å². The fraction of sp³-hybridized carbons (Fsp3) is 0.227. The van der Waals surface area contributed by atoms with Crippen LogP contribution in [0.1, 0.15) is 16.7 Å². The van der Waals surface area contributed by atoms with Gasteiger partial charge in [-0.3, -0.25) is 13.9 Å². The van der Waals surface area contributed by atoms with Crippen LogP contribution in [0.5, 0.6) is 0 Å². The van der Waals surface area contributed by atoms with Gasteiger partial charge in [-0.25, -0.2) is 14.2 Å². The average molecular weight is 459 g/mol. The van der Waals surface area contributed by atoms with Gasteiger partial charge in [-0.15, -0.1) is 0 Å². The molecule has 0 aliphatic carbocycles. The van der Waals surface area contributed by atoms with E-state index in [0.29, 0.717) is 33.5 Å². The number of hydrogen-bond acceptors (Lipinski definition) is 4. The molecule has 0 saturated carbocycles. The predicted molar refractivity (Wildman–Crippen MR) is 121 cm³/mol. The maximum absolute atomic E-state index is 14.3. The van der Waals surface area contributed by atoms with Crippen molar-refractivity contribution in [3.05, 3.63) is 90.8 Å².